The van der Waals surface area contributed by atoms with Gasteiger partial charge in [-0.1, -0.05) is 19.6 Å². The van der Waals surface area contributed by atoms with Crippen molar-refractivity contribution < 1.29 is 0 Å². The number of fused-ring (bicyclic) bond motifs is 2. The van der Waals surface area contributed by atoms with Crippen molar-refractivity contribution in [1.29, 1.82) is 0 Å². The molecule has 5 aromatic rings. The molecule has 1 fully saturated rings. The Balaban J connectivity index is 1.24. The van der Waals surface area contributed by atoms with Crippen molar-refractivity contribution in [2.45, 2.75) is 26.2 Å². The third-order valence-electron chi connectivity index (χ3n) is 7.15. The van der Waals surface area contributed by atoms with Crippen LogP contribution in [0, 0.1) is 5.92 Å². The molecule has 0 aromatic carbocycles. The van der Waals surface area contributed by atoms with Crippen LogP contribution in [0.15, 0.2) is 78.8 Å². The van der Waals surface area contributed by atoms with E-state index in [1.165, 1.54) is 19.3 Å². The first-order valence-corrected chi connectivity index (χ1v) is 13.5. The smallest absolute Gasteiger partial charge is 0.159 e. The molecule has 0 saturated heterocycles. The van der Waals surface area contributed by atoms with Gasteiger partial charge in [0.25, 0.3) is 0 Å². The lowest BCUT2D eigenvalue weighted by Crippen LogP contribution is -2.38. The number of allylic oxidation sites excluding steroid dienone is 2. The van der Waals surface area contributed by atoms with Gasteiger partial charge in [0.05, 0.1) is 33.3 Å². The van der Waals surface area contributed by atoms with Gasteiger partial charge < -0.3 is 10.3 Å². The van der Waals surface area contributed by atoms with Crippen molar-refractivity contribution >= 4 is 39.3 Å². The van der Waals surface area contributed by atoms with Gasteiger partial charge in [-0.25, -0.2) is 15.0 Å². The third-order valence-corrected chi connectivity index (χ3v) is 8.41. The number of aromatic amines is 1. The second-order valence-corrected chi connectivity index (χ2v) is 10.9. The molecule has 7 rings (SSSR count). The minimum atomic E-state index is 0.555. The molecule has 0 bridgehead atoms. The molecule has 1 saturated carbocycles. The number of anilines is 1. The fourth-order valence-electron chi connectivity index (χ4n) is 4.78. The third kappa shape index (κ3) is 3.85. The van der Waals surface area contributed by atoms with Gasteiger partial charge in [-0.3, -0.25) is 9.97 Å². The maximum Gasteiger partial charge on any atom is 0.159 e. The van der Waals surface area contributed by atoms with Crippen molar-refractivity contribution in [3.63, 3.8) is 0 Å². The molecule has 0 radical (unpaired) electrons. The summed E-state index contributed by atoms with van der Waals surface area (Å²) in [6.07, 6.45) is 9.15. The summed E-state index contributed by atoms with van der Waals surface area (Å²) >= 11 is 1.67. The highest BCUT2D eigenvalue weighted by atomic mass is 32.1. The number of pyridine rings is 3. The summed E-state index contributed by atoms with van der Waals surface area (Å²) in [6, 6.07) is 12.1. The van der Waals surface area contributed by atoms with Crippen LogP contribution in [0.3, 0.4) is 0 Å². The predicted octanol–water partition coefficient (Wildman–Crippen LogP) is 5.69. The normalized spacial score (nSPS) is 14.4. The van der Waals surface area contributed by atoms with Crippen molar-refractivity contribution in [3.05, 3.63) is 95.3 Å². The largest absolute Gasteiger partial charge is 0.358 e. The van der Waals surface area contributed by atoms with E-state index in [0.717, 1.165) is 71.1 Å². The fourth-order valence-corrected chi connectivity index (χ4v) is 5.71. The molecule has 2 aliphatic rings. The molecule has 6 heterocycles. The van der Waals surface area contributed by atoms with Crippen LogP contribution < -0.4 is 16.0 Å². The molecule has 1 aliphatic carbocycles. The van der Waals surface area contributed by atoms with Gasteiger partial charge in [0.2, 0.25) is 0 Å². The molecule has 0 atom stereocenters. The number of aromatic nitrogens is 5. The Kier molecular flexibility index (Phi) is 5.30. The highest BCUT2D eigenvalue weighted by Crippen LogP contribution is 2.34. The lowest BCUT2D eigenvalue weighted by molar-refractivity contribution is 0.371. The molecule has 0 spiro atoms. The van der Waals surface area contributed by atoms with E-state index in [0.29, 0.717) is 11.7 Å². The molecule has 1 aliphatic heterocycles. The summed E-state index contributed by atoms with van der Waals surface area (Å²) in [7, 11) is 0. The Labute approximate surface area is 223 Å². The molecule has 5 aromatic heterocycles. The summed E-state index contributed by atoms with van der Waals surface area (Å²) in [5.41, 5.74) is 8.14. The van der Waals surface area contributed by atoms with Crippen molar-refractivity contribution in [1.82, 2.24) is 24.9 Å². The number of nitrogens with zero attached hydrogens (tertiary/aromatic N) is 5. The number of H-pyrrole nitrogens is 1. The quantitative estimate of drug-likeness (QED) is 0.290. The number of rotatable bonds is 7. The first-order chi connectivity index (χ1) is 18.5. The topological polar surface area (TPSA) is 91.7 Å². The molecule has 186 valence electrons. The van der Waals surface area contributed by atoms with Crippen LogP contribution in [0.5, 0.6) is 0 Å². The minimum Gasteiger partial charge on any atom is -0.358 e. The van der Waals surface area contributed by atoms with Gasteiger partial charge in [0.15, 0.2) is 5.82 Å². The summed E-state index contributed by atoms with van der Waals surface area (Å²) in [6.45, 7) is 10.3. The molecule has 38 heavy (non-hydrogen) atoms. The van der Waals surface area contributed by atoms with Crippen molar-refractivity contribution in [2.75, 3.05) is 5.32 Å². The zero-order valence-electron chi connectivity index (χ0n) is 21.0. The van der Waals surface area contributed by atoms with Gasteiger partial charge in [-0.15, -0.1) is 11.3 Å². The van der Waals surface area contributed by atoms with E-state index >= 15 is 0 Å². The molecule has 0 unspecified atom stereocenters. The highest BCUT2D eigenvalue weighted by Gasteiger charge is 2.21. The van der Waals surface area contributed by atoms with E-state index in [9.17, 15) is 0 Å². The SMILES string of the molecule is C=C(C)c1ccc(-c2nccc3[nH]c(C4=c5nc(-c6cncc(NC(=C)C7CCC7)c6)ccc5=N4)nc23)s1. The van der Waals surface area contributed by atoms with Crippen LogP contribution in [0.2, 0.25) is 0 Å². The van der Waals surface area contributed by atoms with Gasteiger partial charge in [0.1, 0.15) is 22.3 Å². The summed E-state index contributed by atoms with van der Waals surface area (Å²) < 4.78 is 0. The average Bonchev–Trinajstić information content (AvgIpc) is 3.51. The monoisotopic (exact) mass is 515 g/mol. The van der Waals surface area contributed by atoms with Crippen molar-refractivity contribution in [3.8, 4) is 21.8 Å². The van der Waals surface area contributed by atoms with Gasteiger partial charge in [-0.2, -0.15) is 0 Å². The van der Waals surface area contributed by atoms with Crippen LogP contribution in [-0.2, 0) is 0 Å². The Morgan fingerprint density at radius 2 is 1.97 bits per heavy atom. The number of thiophene rings is 1. The Morgan fingerprint density at radius 1 is 1.08 bits per heavy atom. The highest BCUT2D eigenvalue weighted by molar-refractivity contribution is 7.16. The Bertz CT molecular complexity index is 1890. The summed E-state index contributed by atoms with van der Waals surface area (Å²) in [5, 5.41) is 5.12. The standard InChI is InChI=1S/C30H25N7S/c1-16(2)24-9-10-25(38-24)28-26-23(11-12-32-28)36-30(37-26)29-27-22(35-29)8-7-21(34-27)19-13-20(15-31-14-19)33-17(3)18-5-4-6-18/h7-15,18,33H,1,3-6H2,2H3,(H,36,37). The fraction of sp³-hybridized carbons (Fsp3) is 0.167. The summed E-state index contributed by atoms with van der Waals surface area (Å²) in [4.78, 5) is 29.2. The zero-order valence-corrected chi connectivity index (χ0v) is 21.8. The van der Waals surface area contributed by atoms with E-state index in [-0.39, 0.29) is 0 Å². The molecule has 8 heteroatoms. The van der Waals surface area contributed by atoms with Crippen LogP contribution in [0.4, 0.5) is 5.69 Å². The van der Waals surface area contributed by atoms with E-state index in [1.54, 1.807) is 17.5 Å². The van der Waals surface area contributed by atoms with Gasteiger partial charge in [-0.05, 0) is 67.7 Å². The van der Waals surface area contributed by atoms with Crippen molar-refractivity contribution in [2.24, 2.45) is 10.9 Å². The van der Waals surface area contributed by atoms with E-state index in [4.69, 9.17) is 15.0 Å². The number of hydrogen-bond acceptors (Lipinski definition) is 7. The van der Waals surface area contributed by atoms with E-state index in [1.807, 2.05) is 37.5 Å². The molecular weight excluding hydrogens is 490 g/mol. The molecule has 0 amide bonds. The number of hydrogen-bond donors (Lipinski definition) is 2. The van der Waals surface area contributed by atoms with Crippen LogP contribution in [0.25, 0.3) is 44.1 Å². The Hall–Kier alpha value is -4.43. The van der Waals surface area contributed by atoms with Gasteiger partial charge in [0, 0.05) is 28.5 Å². The molecule has 7 nitrogen and oxygen atoms in total. The van der Waals surface area contributed by atoms with Crippen LogP contribution >= 0.6 is 11.3 Å². The number of nitrogens with one attached hydrogen (secondary N) is 2. The molecule has 2 N–H and O–H groups in total. The summed E-state index contributed by atoms with van der Waals surface area (Å²) in [5.74, 6) is 1.24. The maximum absolute atomic E-state index is 4.94. The van der Waals surface area contributed by atoms with E-state index in [2.05, 4.69) is 51.6 Å². The second-order valence-electron chi connectivity index (χ2n) is 9.85. The van der Waals surface area contributed by atoms with E-state index < -0.39 is 0 Å². The molecular formula is C30H25N7S. The maximum atomic E-state index is 4.94. The van der Waals surface area contributed by atoms with Crippen LogP contribution in [-0.4, -0.2) is 24.9 Å². The lowest BCUT2D eigenvalue weighted by atomic mass is 9.83. The minimum absolute atomic E-state index is 0.555. The Morgan fingerprint density at radius 3 is 2.76 bits per heavy atom. The van der Waals surface area contributed by atoms with Gasteiger partial charge >= 0.3 is 0 Å². The lowest BCUT2D eigenvalue weighted by Gasteiger charge is -2.28. The first kappa shape index (κ1) is 22.7. The number of imidazole rings is 1. The van der Waals surface area contributed by atoms with Crippen LogP contribution in [0.1, 0.15) is 36.9 Å². The second kappa shape index (κ2) is 8.85. The average molecular weight is 516 g/mol. The zero-order chi connectivity index (χ0) is 25.8. The predicted molar refractivity (Wildman–Crippen MR) is 153 cm³/mol. The first-order valence-electron chi connectivity index (χ1n) is 12.7.